The smallest absolute Gasteiger partial charge is 0.192 e. The summed E-state index contributed by atoms with van der Waals surface area (Å²) in [6, 6.07) is 8.85. The third kappa shape index (κ3) is 4.99. The van der Waals surface area contributed by atoms with Gasteiger partial charge in [0.2, 0.25) is 0 Å². The van der Waals surface area contributed by atoms with Crippen LogP contribution >= 0.6 is 0 Å². The van der Waals surface area contributed by atoms with Crippen LogP contribution in [0.2, 0.25) is 0 Å². The van der Waals surface area contributed by atoms with Gasteiger partial charge in [0, 0.05) is 12.6 Å². The molecule has 0 aromatic heterocycles. The normalized spacial score (nSPS) is 25.0. The van der Waals surface area contributed by atoms with Gasteiger partial charge in [0.15, 0.2) is 15.8 Å². The van der Waals surface area contributed by atoms with Crippen LogP contribution in [0.4, 0.5) is 0 Å². The molecule has 0 saturated carbocycles. The monoisotopic (exact) mass is 359 g/mol. The van der Waals surface area contributed by atoms with Crippen LogP contribution < -0.4 is 10.6 Å². The van der Waals surface area contributed by atoms with E-state index in [9.17, 15) is 8.42 Å². The third-order valence-corrected chi connectivity index (χ3v) is 6.72. The van der Waals surface area contributed by atoms with Gasteiger partial charge in [0.05, 0.1) is 18.1 Å². The van der Waals surface area contributed by atoms with Crippen molar-refractivity contribution in [1.82, 2.24) is 10.6 Å². The van der Waals surface area contributed by atoms with Crippen LogP contribution in [0.1, 0.15) is 24.0 Å². The van der Waals surface area contributed by atoms with Crippen molar-refractivity contribution in [1.29, 1.82) is 0 Å². The quantitative estimate of drug-likeness (QED) is 0.481. The zero-order valence-electron chi connectivity index (χ0n) is 14.4. The molecule has 1 aliphatic carbocycles. The Kier molecular flexibility index (Phi) is 5.64. The Morgan fingerprint density at radius 3 is 2.80 bits per heavy atom. The van der Waals surface area contributed by atoms with Crippen molar-refractivity contribution in [3.05, 3.63) is 35.4 Å². The lowest BCUT2D eigenvalue weighted by molar-refractivity contribution is 0.518. The van der Waals surface area contributed by atoms with Crippen molar-refractivity contribution in [3.8, 4) is 12.3 Å². The molecule has 2 atom stereocenters. The molecular formula is C19H25N3O2S. The highest BCUT2D eigenvalue weighted by atomic mass is 32.2. The molecule has 1 saturated heterocycles. The van der Waals surface area contributed by atoms with Gasteiger partial charge in [-0.1, -0.05) is 30.2 Å². The number of aryl methyl sites for hydroxylation is 1. The van der Waals surface area contributed by atoms with E-state index in [0.29, 0.717) is 31.5 Å². The minimum absolute atomic E-state index is 0.113. The summed E-state index contributed by atoms with van der Waals surface area (Å²) in [4.78, 5) is 4.59. The molecule has 1 heterocycles. The van der Waals surface area contributed by atoms with E-state index in [0.717, 1.165) is 19.3 Å². The van der Waals surface area contributed by atoms with E-state index in [1.807, 2.05) is 0 Å². The van der Waals surface area contributed by atoms with Gasteiger partial charge >= 0.3 is 0 Å². The largest absolute Gasteiger partial charge is 0.353 e. The van der Waals surface area contributed by atoms with E-state index in [4.69, 9.17) is 6.42 Å². The Morgan fingerprint density at radius 2 is 2.08 bits per heavy atom. The highest BCUT2D eigenvalue weighted by Gasteiger charge is 2.27. The SMILES string of the molecule is C#CCNC(=NCC1CCS(=O)(=O)C1)NC1CCc2ccccc2C1. The summed E-state index contributed by atoms with van der Waals surface area (Å²) in [6.45, 7) is 0.917. The molecule has 0 radical (unpaired) electrons. The molecular weight excluding hydrogens is 334 g/mol. The molecule has 0 bridgehead atoms. The third-order valence-electron chi connectivity index (χ3n) is 4.88. The molecule has 2 N–H and O–H groups in total. The van der Waals surface area contributed by atoms with Crippen molar-refractivity contribution < 1.29 is 8.42 Å². The molecule has 1 aliphatic heterocycles. The summed E-state index contributed by atoms with van der Waals surface area (Å²) in [5, 5.41) is 6.61. The topological polar surface area (TPSA) is 70.6 Å². The van der Waals surface area contributed by atoms with Crippen molar-refractivity contribution in [2.75, 3.05) is 24.6 Å². The van der Waals surface area contributed by atoms with Crippen LogP contribution in [0.5, 0.6) is 0 Å². The zero-order valence-corrected chi connectivity index (χ0v) is 15.2. The van der Waals surface area contributed by atoms with Crippen molar-refractivity contribution in [2.45, 2.75) is 31.7 Å². The fourth-order valence-electron chi connectivity index (χ4n) is 3.54. The lowest BCUT2D eigenvalue weighted by Gasteiger charge is -2.27. The first-order valence-electron chi connectivity index (χ1n) is 8.81. The number of aliphatic imine (C=N–C) groups is 1. The summed E-state index contributed by atoms with van der Waals surface area (Å²) >= 11 is 0. The average molecular weight is 359 g/mol. The van der Waals surface area contributed by atoms with E-state index < -0.39 is 9.84 Å². The van der Waals surface area contributed by atoms with E-state index in [1.165, 1.54) is 11.1 Å². The minimum atomic E-state index is -2.86. The fraction of sp³-hybridized carbons (Fsp3) is 0.526. The van der Waals surface area contributed by atoms with Gasteiger partial charge in [-0.15, -0.1) is 6.42 Å². The molecule has 2 aliphatic rings. The zero-order chi connectivity index (χ0) is 17.7. The first kappa shape index (κ1) is 17.8. The Balaban J connectivity index is 1.61. The van der Waals surface area contributed by atoms with Crippen molar-refractivity contribution in [2.24, 2.45) is 10.9 Å². The average Bonchev–Trinajstić information content (AvgIpc) is 2.96. The summed E-state index contributed by atoms with van der Waals surface area (Å²) in [7, 11) is -2.86. The van der Waals surface area contributed by atoms with Gasteiger partial charge in [-0.3, -0.25) is 4.99 Å². The van der Waals surface area contributed by atoms with Crippen LogP contribution in [0, 0.1) is 18.3 Å². The van der Waals surface area contributed by atoms with Gasteiger partial charge < -0.3 is 10.6 Å². The first-order valence-corrected chi connectivity index (χ1v) is 10.6. The maximum Gasteiger partial charge on any atom is 0.192 e. The summed E-state index contributed by atoms with van der Waals surface area (Å²) < 4.78 is 23.2. The maximum absolute atomic E-state index is 11.6. The Labute approximate surface area is 150 Å². The van der Waals surface area contributed by atoms with Crippen LogP contribution in [-0.2, 0) is 22.7 Å². The molecule has 1 fully saturated rings. The number of terminal acetylenes is 1. The number of hydrogen-bond acceptors (Lipinski definition) is 3. The predicted octanol–water partition coefficient (Wildman–Crippen LogP) is 1.15. The summed E-state index contributed by atoms with van der Waals surface area (Å²) in [5.74, 6) is 3.89. The van der Waals surface area contributed by atoms with Gasteiger partial charge in [0.1, 0.15) is 0 Å². The number of hydrogen-bond donors (Lipinski definition) is 2. The second-order valence-corrected chi connectivity index (χ2v) is 9.10. The van der Waals surface area contributed by atoms with E-state index in [2.05, 4.69) is 45.8 Å². The van der Waals surface area contributed by atoms with Gasteiger partial charge in [-0.25, -0.2) is 8.42 Å². The number of nitrogens with one attached hydrogen (secondary N) is 2. The highest BCUT2D eigenvalue weighted by Crippen LogP contribution is 2.21. The molecule has 3 rings (SSSR count). The molecule has 5 nitrogen and oxygen atoms in total. The molecule has 0 amide bonds. The maximum atomic E-state index is 11.6. The summed E-state index contributed by atoms with van der Waals surface area (Å²) in [6.07, 6.45) is 9.11. The number of fused-ring (bicyclic) bond motifs is 1. The van der Waals surface area contributed by atoms with Crippen molar-refractivity contribution >= 4 is 15.8 Å². The Bertz CT molecular complexity index is 780. The van der Waals surface area contributed by atoms with E-state index in [1.54, 1.807) is 0 Å². The highest BCUT2D eigenvalue weighted by molar-refractivity contribution is 7.91. The van der Waals surface area contributed by atoms with Crippen LogP contribution in [0.25, 0.3) is 0 Å². The van der Waals surface area contributed by atoms with Crippen LogP contribution in [0.3, 0.4) is 0 Å². The van der Waals surface area contributed by atoms with Crippen LogP contribution in [0.15, 0.2) is 29.3 Å². The second-order valence-electron chi connectivity index (χ2n) is 6.87. The fourth-order valence-corrected chi connectivity index (χ4v) is 5.39. The Morgan fingerprint density at radius 1 is 1.28 bits per heavy atom. The molecule has 134 valence electrons. The van der Waals surface area contributed by atoms with E-state index >= 15 is 0 Å². The van der Waals surface area contributed by atoms with Gasteiger partial charge in [0.25, 0.3) is 0 Å². The molecule has 6 heteroatoms. The molecule has 1 aromatic carbocycles. The predicted molar refractivity (Wildman–Crippen MR) is 101 cm³/mol. The number of benzene rings is 1. The lowest BCUT2D eigenvalue weighted by Crippen LogP contribution is -2.46. The standard InChI is InChI=1S/C19H25N3O2S/c1-2-10-20-19(21-13-15-9-11-25(23,24)14-15)22-18-8-7-16-5-3-4-6-17(16)12-18/h1,3-6,15,18H,7-14H2,(H2,20,21,22). The molecule has 25 heavy (non-hydrogen) atoms. The molecule has 2 unspecified atom stereocenters. The van der Waals surface area contributed by atoms with E-state index in [-0.39, 0.29) is 17.4 Å². The number of nitrogens with zero attached hydrogens (tertiary/aromatic N) is 1. The van der Waals surface area contributed by atoms with Crippen molar-refractivity contribution in [3.63, 3.8) is 0 Å². The van der Waals surface area contributed by atoms with Gasteiger partial charge in [-0.2, -0.15) is 0 Å². The first-order chi connectivity index (χ1) is 12.1. The number of guanidine groups is 1. The second kappa shape index (κ2) is 7.92. The lowest BCUT2D eigenvalue weighted by atomic mass is 9.88. The minimum Gasteiger partial charge on any atom is -0.353 e. The number of rotatable bonds is 4. The number of sulfone groups is 1. The molecule has 0 spiro atoms. The summed E-state index contributed by atoms with van der Waals surface area (Å²) in [5.41, 5.74) is 2.80. The molecule has 1 aromatic rings. The van der Waals surface area contributed by atoms with Crippen LogP contribution in [-0.4, -0.2) is 45.0 Å². The van der Waals surface area contributed by atoms with Gasteiger partial charge in [-0.05, 0) is 42.7 Å². The Hall–Kier alpha value is -2.00.